The number of fused-ring (bicyclic) bond motifs is 5. The van der Waals surface area contributed by atoms with Crippen molar-refractivity contribution < 1.29 is 4.79 Å². The number of hydrogen-bond donors (Lipinski definition) is 0. The van der Waals surface area contributed by atoms with E-state index < -0.39 is 10.9 Å². The molecule has 5 nitrogen and oxygen atoms in total. The van der Waals surface area contributed by atoms with E-state index in [2.05, 4.69) is 0 Å². The van der Waals surface area contributed by atoms with Crippen LogP contribution in [0, 0.1) is 0 Å². The van der Waals surface area contributed by atoms with Crippen LogP contribution in [0.2, 0.25) is 0 Å². The molecule has 0 aliphatic rings. The molecule has 4 aromatic carbocycles. The van der Waals surface area contributed by atoms with E-state index in [1.54, 1.807) is 42.5 Å². The number of carbonyl (C=O) groups excluding carboxylic acids is 1. The van der Waals surface area contributed by atoms with Crippen LogP contribution in [0.25, 0.3) is 41.7 Å². The van der Waals surface area contributed by atoms with Crippen molar-refractivity contribution in [2.45, 2.75) is 19.3 Å². The zero-order valence-electron chi connectivity index (χ0n) is 15.7. The minimum absolute atomic E-state index is 0.0467. The lowest BCUT2D eigenvalue weighted by atomic mass is 9.99. The zero-order chi connectivity index (χ0) is 21.0. The van der Waals surface area contributed by atoms with E-state index in [1.165, 1.54) is 0 Å². The van der Waals surface area contributed by atoms with Crippen molar-refractivity contribution in [2.75, 3.05) is 0 Å². The molecule has 1 heterocycles. The molecule has 0 fully saturated rings. The highest BCUT2D eigenvalue weighted by molar-refractivity contribution is 7.25. The van der Waals surface area contributed by atoms with E-state index in [0.717, 1.165) is 23.2 Å². The van der Waals surface area contributed by atoms with Crippen LogP contribution < -0.4 is 21.7 Å². The van der Waals surface area contributed by atoms with Crippen LogP contribution in [-0.4, -0.2) is 6.29 Å². The molecule has 5 aromatic rings. The first kappa shape index (κ1) is 18.5. The second kappa shape index (κ2) is 6.78. The molecular formula is C24H14O5S. The van der Waals surface area contributed by atoms with Crippen molar-refractivity contribution in [1.29, 1.82) is 0 Å². The molecule has 0 unspecified atom stereocenters. The number of unbranched alkanes of at least 4 members (excludes halogenated alkanes) is 1. The summed E-state index contributed by atoms with van der Waals surface area (Å²) in [5.41, 5.74) is -0.641. The molecule has 0 radical (unpaired) electrons. The first-order valence-corrected chi connectivity index (χ1v) is 10.4. The van der Waals surface area contributed by atoms with E-state index in [0.29, 0.717) is 24.6 Å². The van der Waals surface area contributed by atoms with E-state index >= 15 is 0 Å². The number of thiophene rings is 1. The molecule has 0 saturated carbocycles. The van der Waals surface area contributed by atoms with Gasteiger partial charge >= 0.3 is 0 Å². The van der Waals surface area contributed by atoms with Gasteiger partial charge in [0.2, 0.25) is 10.9 Å². The average molecular weight is 414 g/mol. The van der Waals surface area contributed by atoms with Gasteiger partial charge in [-0.05, 0) is 30.5 Å². The van der Waals surface area contributed by atoms with Crippen molar-refractivity contribution in [3.8, 4) is 0 Å². The third-order valence-corrected chi connectivity index (χ3v) is 6.74. The first-order chi connectivity index (χ1) is 14.5. The predicted octanol–water partition coefficient (Wildman–Crippen LogP) is 3.20. The summed E-state index contributed by atoms with van der Waals surface area (Å²) < 4.78 is 0.310. The third-order valence-electron chi connectivity index (χ3n) is 5.55. The number of aryl methyl sites for hydroxylation is 1. The number of aldehydes is 1. The van der Waals surface area contributed by atoms with Gasteiger partial charge in [-0.3, -0.25) is 19.2 Å². The Hall–Kier alpha value is -3.51. The fourth-order valence-electron chi connectivity index (χ4n) is 4.10. The van der Waals surface area contributed by atoms with Gasteiger partial charge < -0.3 is 4.79 Å². The Bertz CT molecular complexity index is 1720. The lowest BCUT2D eigenvalue weighted by molar-refractivity contribution is -0.107. The molecule has 1 aromatic heterocycles. The smallest absolute Gasteiger partial charge is 0.204 e. The average Bonchev–Trinajstić information content (AvgIpc) is 3.18. The highest BCUT2D eigenvalue weighted by Crippen LogP contribution is 2.29. The van der Waals surface area contributed by atoms with Crippen molar-refractivity contribution >= 4 is 59.3 Å². The van der Waals surface area contributed by atoms with E-state index in [4.69, 9.17) is 0 Å². The molecule has 0 atom stereocenters. The van der Waals surface area contributed by atoms with Gasteiger partial charge in [0.15, 0.2) is 10.9 Å². The molecule has 30 heavy (non-hydrogen) atoms. The normalized spacial score (nSPS) is 11.7. The third kappa shape index (κ3) is 2.50. The maximum absolute atomic E-state index is 13.4. The van der Waals surface area contributed by atoms with Crippen LogP contribution >= 0.6 is 11.3 Å². The second-order valence-electron chi connectivity index (χ2n) is 7.31. The topological polar surface area (TPSA) is 85.3 Å². The fourth-order valence-corrected chi connectivity index (χ4v) is 5.30. The summed E-state index contributed by atoms with van der Waals surface area (Å²) >= 11 is 0.930. The van der Waals surface area contributed by atoms with Gasteiger partial charge in [0.1, 0.15) is 6.29 Å². The molecule has 0 bridgehead atoms. The number of rotatable bonds is 4. The summed E-state index contributed by atoms with van der Waals surface area (Å²) in [6.07, 6.45) is 2.51. The van der Waals surface area contributed by atoms with Crippen LogP contribution in [0.4, 0.5) is 0 Å². The van der Waals surface area contributed by atoms with Crippen molar-refractivity contribution in [1.82, 2.24) is 0 Å². The molecule has 0 spiro atoms. The monoisotopic (exact) mass is 414 g/mol. The van der Waals surface area contributed by atoms with Crippen LogP contribution in [0.5, 0.6) is 0 Å². The van der Waals surface area contributed by atoms with Gasteiger partial charge in [-0.25, -0.2) is 0 Å². The Morgan fingerprint density at radius 3 is 1.90 bits per heavy atom. The van der Waals surface area contributed by atoms with Crippen LogP contribution in [-0.2, 0) is 11.2 Å². The molecule has 0 amide bonds. The summed E-state index contributed by atoms with van der Waals surface area (Å²) in [5, 5.41) is 1.17. The Morgan fingerprint density at radius 1 is 0.700 bits per heavy atom. The summed E-state index contributed by atoms with van der Waals surface area (Å²) in [4.78, 5) is 63.2. The van der Waals surface area contributed by atoms with Crippen molar-refractivity contribution in [2.24, 2.45) is 0 Å². The maximum Gasteiger partial charge on any atom is 0.204 e. The maximum atomic E-state index is 13.4. The van der Waals surface area contributed by atoms with Gasteiger partial charge in [-0.15, -0.1) is 11.3 Å². The molecule has 6 heteroatoms. The highest BCUT2D eigenvalue weighted by Gasteiger charge is 2.21. The summed E-state index contributed by atoms with van der Waals surface area (Å²) in [6, 6.07) is 11.6. The van der Waals surface area contributed by atoms with Gasteiger partial charge in [0.25, 0.3) is 0 Å². The van der Waals surface area contributed by atoms with Gasteiger partial charge in [0.05, 0.1) is 20.2 Å². The fraction of sp³-hybridized carbons (Fsp3) is 0.125. The highest BCUT2D eigenvalue weighted by atomic mass is 32.1. The standard InChI is InChI=1S/C24H14O5S/c25-10-4-3-5-12-8-9-15-16(11-12)20(27)18-17-19(26)13-6-1-2-7-14(13)21(28)23(17)30-24(18)22(15)29/h1-2,6-11H,3-5H2. The minimum atomic E-state index is -0.408. The molecule has 5 rings (SSSR count). The minimum Gasteiger partial charge on any atom is -0.303 e. The molecular weight excluding hydrogens is 400 g/mol. The van der Waals surface area contributed by atoms with Gasteiger partial charge in [-0.2, -0.15) is 0 Å². The summed E-state index contributed by atoms with van der Waals surface area (Å²) in [5.74, 6) is 0. The number of hydrogen-bond acceptors (Lipinski definition) is 6. The Balaban J connectivity index is 1.95. The van der Waals surface area contributed by atoms with Crippen LogP contribution in [0.15, 0.2) is 61.6 Å². The predicted molar refractivity (Wildman–Crippen MR) is 121 cm³/mol. The van der Waals surface area contributed by atoms with E-state index in [9.17, 15) is 24.0 Å². The lowest BCUT2D eigenvalue weighted by Gasteiger charge is -2.02. The second-order valence-corrected chi connectivity index (χ2v) is 8.33. The first-order valence-electron chi connectivity index (χ1n) is 9.54. The number of benzene rings is 4. The summed E-state index contributed by atoms with van der Waals surface area (Å²) in [7, 11) is 0. The zero-order valence-corrected chi connectivity index (χ0v) is 16.5. The quantitative estimate of drug-likeness (QED) is 0.333. The van der Waals surface area contributed by atoms with Crippen LogP contribution in [0.3, 0.4) is 0 Å². The molecule has 0 aliphatic heterocycles. The number of carbonyl (C=O) groups is 1. The Labute approximate surface area is 172 Å². The lowest BCUT2D eigenvalue weighted by Crippen LogP contribution is -2.15. The van der Waals surface area contributed by atoms with Gasteiger partial charge in [0, 0.05) is 28.0 Å². The Kier molecular flexibility index (Phi) is 4.18. The summed E-state index contributed by atoms with van der Waals surface area (Å²) in [6.45, 7) is 0. The molecule has 0 saturated heterocycles. The Morgan fingerprint density at radius 2 is 1.27 bits per heavy atom. The SMILES string of the molecule is O=CCCCc1ccc2c(=O)c3sc4c(=O)c5ccccc5c(=O)c4c3c(=O)c2c1. The largest absolute Gasteiger partial charge is 0.303 e. The molecule has 146 valence electrons. The van der Waals surface area contributed by atoms with Gasteiger partial charge in [-0.1, -0.05) is 30.3 Å². The molecule has 0 N–H and O–H groups in total. The molecule has 0 aliphatic carbocycles. The van der Waals surface area contributed by atoms with Crippen molar-refractivity contribution in [3.63, 3.8) is 0 Å². The van der Waals surface area contributed by atoms with Crippen LogP contribution in [0.1, 0.15) is 18.4 Å². The van der Waals surface area contributed by atoms with E-state index in [-0.39, 0.29) is 47.2 Å². The van der Waals surface area contributed by atoms with E-state index in [1.807, 2.05) is 0 Å². The van der Waals surface area contributed by atoms with Crippen molar-refractivity contribution in [3.05, 3.63) is 88.9 Å².